The number of hydrogen-bond acceptors (Lipinski definition) is 4. The van der Waals surface area contributed by atoms with Crippen molar-refractivity contribution in [2.75, 3.05) is 16.6 Å². The van der Waals surface area contributed by atoms with E-state index in [-0.39, 0.29) is 16.4 Å². The van der Waals surface area contributed by atoms with Crippen LogP contribution in [0.1, 0.15) is 12.5 Å². The summed E-state index contributed by atoms with van der Waals surface area (Å²) in [4.78, 5) is 14.1. The molecule has 0 aliphatic heterocycles. The van der Waals surface area contributed by atoms with Crippen LogP contribution in [-0.2, 0) is 16.2 Å². The molecule has 0 aromatic heterocycles. The van der Waals surface area contributed by atoms with Gasteiger partial charge in [-0.05, 0) is 42.3 Å². The van der Waals surface area contributed by atoms with E-state index in [1.165, 1.54) is 25.1 Å². The van der Waals surface area contributed by atoms with Gasteiger partial charge in [-0.3, -0.25) is 0 Å². The lowest BCUT2D eigenvalue weighted by atomic mass is 10.2. The molecule has 0 fully saturated rings. The number of nitrogens with one attached hydrogen (secondary N) is 1. The summed E-state index contributed by atoms with van der Waals surface area (Å²) in [6.07, 6.45) is -9.77. The first-order valence-corrected chi connectivity index (χ1v) is 11.2. The lowest BCUT2D eigenvalue weighted by Gasteiger charge is -2.30. The van der Waals surface area contributed by atoms with Crippen molar-refractivity contribution in [2.45, 2.75) is 24.2 Å². The van der Waals surface area contributed by atoms with Crippen LogP contribution in [0.25, 0.3) is 0 Å². The molecule has 32 heavy (non-hydrogen) atoms. The second-order valence-corrected chi connectivity index (χ2v) is 9.01. The maximum absolute atomic E-state index is 13.1. The van der Waals surface area contributed by atoms with Crippen molar-refractivity contribution in [1.29, 1.82) is 0 Å². The maximum atomic E-state index is 13.1. The van der Waals surface area contributed by atoms with Crippen LogP contribution in [0, 0.1) is 0 Å². The van der Waals surface area contributed by atoms with Crippen LogP contribution in [0.3, 0.4) is 0 Å². The predicted octanol–water partition coefficient (Wildman–Crippen LogP) is 5.06. The number of urea groups is 1. The molecule has 0 aliphatic carbocycles. The normalized spacial score (nSPS) is 12.5. The predicted molar refractivity (Wildman–Crippen MR) is 107 cm³/mol. The summed E-state index contributed by atoms with van der Waals surface area (Å²) in [6.45, 7) is -0.502. The topological polar surface area (TPSA) is 69.7 Å². The molecule has 0 saturated carbocycles. The third kappa shape index (κ3) is 7.03. The Bertz CT molecular complexity index is 1030. The summed E-state index contributed by atoms with van der Waals surface area (Å²) < 4.78 is 104. The monoisotopic (exact) mass is 501 g/mol. The lowest BCUT2D eigenvalue weighted by molar-refractivity contribution is -0.142. The van der Waals surface area contributed by atoms with E-state index in [1.807, 2.05) is 0 Å². The van der Waals surface area contributed by atoms with Gasteiger partial charge in [-0.15, -0.1) is 4.83 Å². The summed E-state index contributed by atoms with van der Waals surface area (Å²) in [7, 11) is -4.60. The average molecular weight is 501 g/mol. The number of benzene rings is 2. The molecule has 0 bridgehead atoms. The van der Waals surface area contributed by atoms with Gasteiger partial charge in [-0.2, -0.15) is 26.3 Å². The van der Waals surface area contributed by atoms with E-state index in [0.29, 0.717) is 22.3 Å². The molecule has 0 saturated heterocycles. The van der Waals surface area contributed by atoms with E-state index in [4.69, 9.17) is 0 Å². The average Bonchev–Trinajstić information content (AvgIpc) is 2.70. The summed E-state index contributed by atoms with van der Waals surface area (Å²) >= 11 is 0.606. The number of nitrogens with zero attached hydrogens (tertiary/aromatic N) is 2. The summed E-state index contributed by atoms with van der Waals surface area (Å²) in [5.41, 5.74) is -1.50. The molecular formula is C18H17F6N3O3S2. The van der Waals surface area contributed by atoms with Crippen molar-refractivity contribution in [1.82, 2.24) is 9.84 Å². The van der Waals surface area contributed by atoms with Crippen molar-refractivity contribution in [2.24, 2.45) is 0 Å². The van der Waals surface area contributed by atoms with Gasteiger partial charge in [0.05, 0.1) is 16.1 Å². The molecule has 2 rings (SSSR count). The minimum absolute atomic E-state index is 0.0906. The minimum Gasteiger partial charge on any atom is -0.245 e. The number of sulfonamides is 1. The zero-order valence-electron chi connectivity index (χ0n) is 16.3. The molecule has 2 amide bonds. The highest BCUT2D eigenvalue weighted by molar-refractivity contribution is 8.01. The van der Waals surface area contributed by atoms with E-state index >= 15 is 0 Å². The molecule has 0 heterocycles. The smallest absolute Gasteiger partial charge is 0.245 e. The molecule has 176 valence electrons. The van der Waals surface area contributed by atoms with Gasteiger partial charge in [0, 0.05) is 5.75 Å². The van der Waals surface area contributed by atoms with Crippen LogP contribution in [0.2, 0.25) is 0 Å². The summed E-state index contributed by atoms with van der Waals surface area (Å²) in [5, 5.41) is -0.203. The van der Waals surface area contributed by atoms with E-state index in [1.54, 1.807) is 4.83 Å². The Labute approximate surface area is 184 Å². The third-order valence-electron chi connectivity index (χ3n) is 3.69. The molecule has 0 unspecified atom stereocenters. The number of alkyl halides is 6. The van der Waals surface area contributed by atoms with Gasteiger partial charge in [0.1, 0.15) is 6.54 Å². The standard InChI is InChI=1S/C18H17F6N3O3S2/c1-2-31-27(14-8-6-7-13(11-14)18(22,23)24)16(28)26(12-17(19,20)21)25-32(29,30)15-9-4-3-5-10-15/h3-11,25H,2,12H2,1H3. The Hall–Kier alpha value is -2.45. The number of hydrazine groups is 1. The van der Waals surface area contributed by atoms with Gasteiger partial charge in [-0.25, -0.2) is 22.5 Å². The second-order valence-electron chi connectivity index (χ2n) is 6.15. The van der Waals surface area contributed by atoms with Crippen LogP contribution < -0.4 is 9.14 Å². The van der Waals surface area contributed by atoms with Gasteiger partial charge in [0.15, 0.2) is 0 Å². The van der Waals surface area contributed by atoms with Crippen LogP contribution in [0.5, 0.6) is 0 Å². The Balaban J connectivity index is 2.46. The van der Waals surface area contributed by atoms with Crippen LogP contribution >= 0.6 is 11.9 Å². The third-order valence-corrected chi connectivity index (χ3v) is 5.93. The fourth-order valence-corrected chi connectivity index (χ4v) is 4.19. The quantitative estimate of drug-likeness (QED) is 0.327. The molecule has 2 aromatic carbocycles. The number of amides is 2. The van der Waals surface area contributed by atoms with E-state index in [0.717, 1.165) is 30.3 Å². The summed E-state index contributed by atoms with van der Waals surface area (Å²) in [5.74, 6) is 0.0906. The fourth-order valence-electron chi connectivity index (χ4n) is 2.40. The number of anilines is 1. The number of carbonyl (C=O) groups is 1. The Morgan fingerprint density at radius 3 is 2.16 bits per heavy atom. The van der Waals surface area contributed by atoms with E-state index in [9.17, 15) is 39.6 Å². The molecule has 0 atom stereocenters. The molecule has 2 aromatic rings. The zero-order chi connectivity index (χ0) is 24.2. The SMILES string of the molecule is CCSN(C(=O)N(CC(F)(F)F)NS(=O)(=O)c1ccccc1)c1cccc(C(F)(F)F)c1. The fraction of sp³-hybridized carbons (Fsp3) is 0.278. The van der Waals surface area contributed by atoms with Crippen molar-refractivity contribution in [3.8, 4) is 0 Å². The second kappa shape index (κ2) is 10.0. The molecule has 0 aliphatic rings. The maximum Gasteiger partial charge on any atom is 0.416 e. The van der Waals surface area contributed by atoms with E-state index < -0.39 is 45.4 Å². The Morgan fingerprint density at radius 1 is 1.00 bits per heavy atom. The van der Waals surface area contributed by atoms with Gasteiger partial charge < -0.3 is 0 Å². The Morgan fingerprint density at radius 2 is 1.62 bits per heavy atom. The van der Waals surface area contributed by atoms with Crippen molar-refractivity contribution in [3.05, 3.63) is 60.2 Å². The summed E-state index contributed by atoms with van der Waals surface area (Å²) in [6, 6.07) is 8.20. The number of halogens is 6. The highest BCUT2D eigenvalue weighted by Crippen LogP contribution is 2.34. The number of hydrogen-bond donors (Lipinski definition) is 1. The molecule has 1 N–H and O–H groups in total. The lowest BCUT2D eigenvalue weighted by Crippen LogP contribution is -2.53. The Kier molecular flexibility index (Phi) is 8.07. The van der Waals surface area contributed by atoms with Gasteiger partial charge >= 0.3 is 18.4 Å². The van der Waals surface area contributed by atoms with Gasteiger partial charge in [-0.1, -0.05) is 31.2 Å². The van der Waals surface area contributed by atoms with Crippen LogP contribution in [0.4, 0.5) is 36.8 Å². The van der Waals surface area contributed by atoms with Crippen molar-refractivity contribution < 1.29 is 39.6 Å². The van der Waals surface area contributed by atoms with Gasteiger partial charge in [0.25, 0.3) is 10.0 Å². The molecule has 6 nitrogen and oxygen atoms in total. The van der Waals surface area contributed by atoms with Crippen molar-refractivity contribution >= 4 is 33.7 Å². The number of carbonyl (C=O) groups excluding carboxylic acids is 1. The van der Waals surface area contributed by atoms with Crippen molar-refractivity contribution in [3.63, 3.8) is 0 Å². The molecule has 0 radical (unpaired) electrons. The largest absolute Gasteiger partial charge is 0.416 e. The van der Waals surface area contributed by atoms with Crippen LogP contribution in [-0.4, -0.2) is 37.9 Å². The minimum atomic E-state index is -5.01. The zero-order valence-corrected chi connectivity index (χ0v) is 17.9. The first-order chi connectivity index (χ1) is 14.7. The first-order valence-electron chi connectivity index (χ1n) is 8.80. The highest BCUT2D eigenvalue weighted by atomic mass is 32.2. The first kappa shape index (κ1) is 25.8. The molecule has 14 heteroatoms. The van der Waals surface area contributed by atoms with Crippen LogP contribution in [0.15, 0.2) is 59.5 Å². The number of rotatable bonds is 7. The molecular weight excluding hydrogens is 484 g/mol. The molecule has 0 spiro atoms. The van der Waals surface area contributed by atoms with E-state index in [2.05, 4.69) is 0 Å². The van der Waals surface area contributed by atoms with Gasteiger partial charge in [0.2, 0.25) is 0 Å². The highest BCUT2D eigenvalue weighted by Gasteiger charge is 2.38.